The third-order valence-electron chi connectivity index (χ3n) is 3.12. The van der Waals surface area contributed by atoms with Crippen LogP contribution in [0.2, 0.25) is 0 Å². The molecule has 0 unspecified atom stereocenters. The van der Waals surface area contributed by atoms with Crippen LogP contribution < -0.4 is 0 Å². The van der Waals surface area contributed by atoms with Crippen LogP contribution in [0, 0.1) is 6.92 Å². The van der Waals surface area contributed by atoms with Crippen LogP contribution in [0.1, 0.15) is 40.2 Å². The first kappa shape index (κ1) is 13.9. The van der Waals surface area contributed by atoms with E-state index in [1.165, 1.54) is 23.3 Å². The van der Waals surface area contributed by atoms with Gasteiger partial charge in [-0.15, -0.1) is 11.8 Å². The molecule has 0 aromatic heterocycles. The molecule has 2 rings (SSSR count). The summed E-state index contributed by atoms with van der Waals surface area (Å²) in [5, 5.41) is -0.342. The van der Waals surface area contributed by atoms with Crippen molar-refractivity contribution in [3.63, 3.8) is 0 Å². The van der Waals surface area contributed by atoms with Crippen molar-refractivity contribution < 1.29 is 9.53 Å². The van der Waals surface area contributed by atoms with Gasteiger partial charge < -0.3 is 4.74 Å². The zero-order valence-corrected chi connectivity index (χ0v) is 12.2. The number of benzene rings is 1. The van der Waals surface area contributed by atoms with Gasteiger partial charge >= 0.3 is 0 Å². The molecule has 98 valence electrons. The Kier molecular flexibility index (Phi) is 4.71. The largest absolute Gasteiger partial charge is 0.384 e. The van der Waals surface area contributed by atoms with E-state index in [0.717, 1.165) is 11.3 Å². The number of hydrogen-bond acceptors (Lipinski definition) is 3. The van der Waals surface area contributed by atoms with Gasteiger partial charge in [0.2, 0.25) is 0 Å². The molecular formula is C14H17ClO2S. The van der Waals surface area contributed by atoms with Crippen molar-refractivity contribution in [1.82, 2.24) is 0 Å². The van der Waals surface area contributed by atoms with Crippen LogP contribution in [0.3, 0.4) is 0 Å². The fraction of sp³-hybridized carbons (Fsp3) is 0.500. The van der Waals surface area contributed by atoms with Crippen LogP contribution in [0.4, 0.5) is 0 Å². The van der Waals surface area contributed by atoms with Crippen LogP contribution in [0.15, 0.2) is 17.0 Å². The number of carbonyl (C=O) groups excluding carboxylic acids is 1. The van der Waals surface area contributed by atoms with Gasteiger partial charge in [0.1, 0.15) is 0 Å². The number of rotatable bonds is 6. The van der Waals surface area contributed by atoms with Gasteiger partial charge in [-0.2, -0.15) is 0 Å². The zero-order valence-electron chi connectivity index (χ0n) is 10.7. The van der Waals surface area contributed by atoms with Crippen LogP contribution in [-0.4, -0.2) is 24.7 Å². The Morgan fingerprint density at radius 3 is 2.78 bits per heavy atom. The summed E-state index contributed by atoms with van der Waals surface area (Å²) in [7, 11) is 1.70. The molecule has 18 heavy (non-hydrogen) atoms. The predicted octanol–water partition coefficient (Wildman–Crippen LogP) is 3.99. The Labute approximate surface area is 117 Å². The summed E-state index contributed by atoms with van der Waals surface area (Å²) in [5.74, 6) is 1.42. The van der Waals surface area contributed by atoms with E-state index >= 15 is 0 Å². The van der Waals surface area contributed by atoms with Crippen molar-refractivity contribution in [1.29, 1.82) is 0 Å². The number of thioether (sulfide) groups is 1. The minimum atomic E-state index is -0.342. The molecule has 1 saturated carbocycles. The molecule has 1 aliphatic carbocycles. The molecular weight excluding hydrogens is 268 g/mol. The van der Waals surface area contributed by atoms with E-state index in [1.54, 1.807) is 18.9 Å². The predicted molar refractivity (Wildman–Crippen MR) is 75.9 cm³/mol. The summed E-state index contributed by atoms with van der Waals surface area (Å²) in [6.45, 7) is 2.80. The lowest BCUT2D eigenvalue weighted by molar-refractivity contribution is 0.108. The van der Waals surface area contributed by atoms with Crippen molar-refractivity contribution in [2.45, 2.75) is 30.6 Å². The second-order valence-corrected chi connectivity index (χ2v) is 6.01. The summed E-state index contributed by atoms with van der Waals surface area (Å²) >= 11 is 7.46. The van der Waals surface area contributed by atoms with Gasteiger partial charge in [0.05, 0.1) is 6.61 Å². The second-order valence-electron chi connectivity index (χ2n) is 4.56. The maximum atomic E-state index is 11.5. The Morgan fingerprint density at radius 1 is 1.50 bits per heavy atom. The average Bonchev–Trinajstić information content (AvgIpc) is 3.14. The lowest BCUT2D eigenvalue weighted by atomic mass is 10.0. The number of aryl methyl sites for hydroxylation is 1. The Morgan fingerprint density at radius 2 is 2.22 bits per heavy atom. The van der Waals surface area contributed by atoms with E-state index < -0.39 is 0 Å². The summed E-state index contributed by atoms with van der Waals surface area (Å²) in [6, 6.07) is 3.84. The van der Waals surface area contributed by atoms with E-state index in [9.17, 15) is 4.79 Å². The summed E-state index contributed by atoms with van der Waals surface area (Å²) < 4.78 is 5.08. The molecule has 0 atom stereocenters. The van der Waals surface area contributed by atoms with Gasteiger partial charge in [-0.1, -0.05) is 6.07 Å². The minimum absolute atomic E-state index is 0.342. The summed E-state index contributed by atoms with van der Waals surface area (Å²) in [4.78, 5) is 12.7. The van der Waals surface area contributed by atoms with Gasteiger partial charge in [0.25, 0.3) is 5.24 Å². The average molecular weight is 285 g/mol. The van der Waals surface area contributed by atoms with E-state index in [2.05, 4.69) is 6.92 Å². The lowest BCUT2D eigenvalue weighted by Gasteiger charge is -2.14. The van der Waals surface area contributed by atoms with Crippen LogP contribution >= 0.6 is 23.4 Å². The molecule has 1 aromatic carbocycles. The monoisotopic (exact) mass is 284 g/mol. The smallest absolute Gasteiger partial charge is 0.252 e. The van der Waals surface area contributed by atoms with Gasteiger partial charge in [-0.3, -0.25) is 4.79 Å². The third kappa shape index (κ3) is 3.08. The maximum absolute atomic E-state index is 11.5. The first-order valence-electron chi connectivity index (χ1n) is 6.10. The molecule has 0 N–H and O–H groups in total. The molecule has 0 aliphatic heterocycles. The standard InChI is InChI=1S/C14H17ClO2S/c1-9-3-6-11(14(15)16)12(10-4-5-10)13(9)18-8-7-17-2/h3,6,10H,4-5,7-8H2,1-2H3. The highest BCUT2D eigenvalue weighted by atomic mass is 35.5. The first-order chi connectivity index (χ1) is 8.65. The van der Waals surface area contributed by atoms with E-state index in [0.29, 0.717) is 18.1 Å². The molecule has 0 amide bonds. The van der Waals surface area contributed by atoms with Gasteiger partial charge in [0, 0.05) is 23.3 Å². The van der Waals surface area contributed by atoms with E-state index in [4.69, 9.17) is 16.3 Å². The fourth-order valence-corrected chi connectivity index (χ4v) is 3.42. The number of methoxy groups -OCH3 is 1. The molecule has 0 bridgehead atoms. The molecule has 1 aromatic rings. The maximum Gasteiger partial charge on any atom is 0.252 e. The molecule has 1 fully saturated rings. The quantitative estimate of drug-likeness (QED) is 0.449. The Bertz CT molecular complexity index is 455. The third-order valence-corrected chi connectivity index (χ3v) is 4.53. The number of hydrogen-bond donors (Lipinski definition) is 0. The summed E-state index contributed by atoms with van der Waals surface area (Å²) in [5.41, 5.74) is 3.07. The number of ether oxygens (including phenoxy) is 1. The van der Waals surface area contributed by atoms with Crippen molar-refractivity contribution >= 4 is 28.6 Å². The van der Waals surface area contributed by atoms with Gasteiger partial charge in [-0.05, 0) is 54.5 Å². The number of halogens is 1. The highest BCUT2D eigenvalue weighted by Crippen LogP contribution is 2.47. The lowest BCUT2D eigenvalue weighted by Crippen LogP contribution is -2.02. The molecule has 2 nitrogen and oxygen atoms in total. The Hall–Kier alpha value is -0.510. The molecule has 0 spiro atoms. The van der Waals surface area contributed by atoms with Gasteiger partial charge in [0.15, 0.2) is 0 Å². The highest BCUT2D eigenvalue weighted by molar-refractivity contribution is 7.99. The highest BCUT2D eigenvalue weighted by Gasteiger charge is 2.31. The normalized spacial score (nSPS) is 14.8. The van der Waals surface area contributed by atoms with Crippen LogP contribution in [-0.2, 0) is 4.74 Å². The van der Waals surface area contributed by atoms with Gasteiger partial charge in [-0.25, -0.2) is 0 Å². The second kappa shape index (κ2) is 6.09. The SMILES string of the molecule is COCCSc1c(C)ccc(C(=O)Cl)c1C1CC1. The van der Waals surface area contributed by atoms with E-state index in [-0.39, 0.29) is 5.24 Å². The zero-order chi connectivity index (χ0) is 13.1. The molecule has 0 saturated heterocycles. The van der Waals surface area contributed by atoms with E-state index in [1.807, 2.05) is 12.1 Å². The summed E-state index contributed by atoms with van der Waals surface area (Å²) in [6.07, 6.45) is 2.33. The van der Waals surface area contributed by atoms with Crippen molar-refractivity contribution in [3.05, 3.63) is 28.8 Å². The number of carbonyl (C=O) groups is 1. The molecule has 0 heterocycles. The van der Waals surface area contributed by atoms with Crippen LogP contribution in [0.5, 0.6) is 0 Å². The first-order valence-corrected chi connectivity index (χ1v) is 7.46. The minimum Gasteiger partial charge on any atom is -0.384 e. The van der Waals surface area contributed by atoms with Crippen molar-refractivity contribution in [2.75, 3.05) is 19.5 Å². The Balaban J connectivity index is 2.34. The van der Waals surface area contributed by atoms with Crippen LogP contribution in [0.25, 0.3) is 0 Å². The molecule has 1 aliphatic rings. The topological polar surface area (TPSA) is 26.3 Å². The van der Waals surface area contributed by atoms with Crippen molar-refractivity contribution in [2.24, 2.45) is 0 Å². The fourth-order valence-electron chi connectivity index (χ4n) is 2.08. The molecule has 4 heteroatoms. The molecule has 0 radical (unpaired) electrons. The van der Waals surface area contributed by atoms with Crippen molar-refractivity contribution in [3.8, 4) is 0 Å².